The van der Waals surface area contributed by atoms with Crippen molar-refractivity contribution in [3.05, 3.63) is 41.4 Å². The zero-order valence-electron chi connectivity index (χ0n) is 21.8. The Bertz CT molecular complexity index is 1240. The number of hydrogen-bond acceptors (Lipinski definition) is 7. The molecule has 1 fully saturated rings. The quantitative estimate of drug-likeness (QED) is 0.682. The molecule has 0 bridgehead atoms. The van der Waals surface area contributed by atoms with Crippen molar-refractivity contribution in [1.29, 1.82) is 0 Å². The van der Waals surface area contributed by atoms with Gasteiger partial charge in [-0.15, -0.1) is 11.3 Å². The molecule has 6 nitrogen and oxygen atoms in total. The van der Waals surface area contributed by atoms with Gasteiger partial charge in [0.15, 0.2) is 5.78 Å². The monoisotopic (exact) mass is 376 g/mol. The van der Waals surface area contributed by atoms with Crippen LogP contribution in [0.3, 0.4) is 0 Å². The van der Waals surface area contributed by atoms with Gasteiger partial charge >= 0.3 is 0 Å². The maximum Gasteiger partial charge on any atom is 0.154 e. The molecule has 0 N–H and O–H groups in total. The van der Waals surface area contributed by atoms with Crippen LogP contribution in [0.4, 0.5) is 0 Å². The maximum atomic E-state index is 12.8. The number of morpholine rings is 1. The molecule has 1 saturated heterocycles. The van der Waals surface area contributed by atoms with E-state index < -0.39 is 38.4 Å². The molecule has 1 aromatic carbocycles. The van der Waals surface area contributed by atoms with Crippen LogP contribution in [0.2, 0.25) is 0 Å². The fourth-order valence-corrected chi connectivity index (χ4v) is 3.27. The number of Topliss-reactive ketones (excluding diaryl/α,β-unsaturated/α-hetero) is 1. The smallest absolute Gasteiger partial charge is 0.154 e. The molecular weight excluding hydrogens is 348 g/mol. The highest BCUT2D eigenvalue weighted by molar-refractivity contribution is 7.15. The van der Waals surface area contributed by atoms with E-state index in [1.807, 2.05) is 25.1 Å². The molecule has 1 aliphatic rings. The average Bonchev–Trinajstić information content (AvgIpc) is 3.16. The summed E-state index contributed by atoms with van der Waals surface area (Å²) in [6, 6.07) is 5.58. The molecule has 0 unspecified atom stereocenters. The minimum absolute atomic E-state index is 0.121. The second kappa shape index (κ2) is 7.57. The van der Waals surface area contributed by atoms with Gasteiger partial charge < -0.3 is 4.74 Å². The zero-order valence-corrected chi connectivity index (χ0v) is 14.6. The van der Waals surface area contributed by atoms with Gasteiger partial charge in [-0.25, -0.2) is 15.0 Å². The number of aromatic nitrogens is 3. The van der Waals surface area contributed by atoms with E-state index in [-0.39, 0.29) is 17.1 Å². The Kier molecular flexibility index (Phi) is 2.97. The first-order valence-corrected chi connectivity index (χ1v) is 8.64. The first-order valence-electron chi connectivity index (χ1n) is 11.8. The van der Waals surface area contributed by atoms with Gasteiger partial charge in [0.05, 0.1) is 47.0 Å². The summed E-state index contributed by atoms with van der Waals surface area (Å²) in [5.41, 5.74) is 1.47. The molecular formula is C19H20N4O2S. The summed E-state index contributed by atoms with van der Waals surface area (Å²) in [6.45, 7) is -11.7. The molecule has 2 aromatic heterocycles. The summed E-state index contributed by atoms with van der Waals surface area (Å²) < 4.78 is 67.4. The second-order valence-electron chi connectivity index (χ2n) is 5.63. The number of benzene rings is 1. The lowest BCUT2D eigenvalue weighted by atomic mass is 10.1. The minimum Gasteiger partial charge on any atom is -0.379 e. The van der Waals surface area contributed by atoms with Gasteiger partial charge in [0.2, 0.25) is 0 Å². The van der Waals surface area contributed by atoms with Crippen LogP contribution in [0.15, 0.2) is 30.6 Å². The van der Waals surface area contributed by atoms with Gasteiger partial charge in [-0.05, 0) is 18.6 Å². The summed E-state index contributed by atoms with van der Waals surface area (Å²) in [6.07, 6.45) is 2.92. The number of nitrogens with zero attached hydrogens (tertiary/aromatic N) is 4. The standard InChI is InChI=1S/C19H20N4O2S/c1-13-20-11-18(26-13)14-2-3-15-10-21-19(22-17(15)8-14)9-16(24)12-23-4-6-25-7-5-23/h2-3,8,10-11H,4-7,9,12H2,1H3/i4D2,5D2,6D2,7D2. The number of ketones is 1. The van der Waals surface area contributed by atoms with Crippen LogP contribution >= 0.6 is 11.3 Å². The van der Waals surface area contributed by atoms with Crippen LogP contribution in [-0.4, -0.2) is 58.3 Å². The van der Waals surface area contributed by atoms with Crippen molar-refractivity contribution in [2.24, 2.45) is 0 Å². The van der Waals surface area contributed by atoms with Crippen molar-refractivity contribution >= 4 is 28.0 Å². The third-order valence-electron chi connectivity index (χ3n) is 3.69. The van der Waals surface area contributed by atoms with Gasteiger partial charge in [-0.2, -0.15) is 0 Å². The van der Waals surface area contributed by atoms with E-state index in [9.17, 15) is 4.79 Å². The van der Waals surface area contributed by atoms with E-state index in [0.717, 1.165) is 20.8 Å². The Morgan fingerprint density at radius 3 is 2.92 bits per heavy atom. The molecule has 0 amide bonds. The van der Waals surface area contributed by atoms with Crippen molar-refractivity contribution in [2.75, 3.05) is 32.7 Å². The van der Waals surface area contributed by atoms with E-state index in [1.165, 1.54) is 17.5 Å². The maximum absolute atomic E-state index is 12.8. The summed E-state index contributed by atoms with van der Waals surface area (Å²) >= 11 is 1.53. The molecule has 0 spiro atoms. The largest absolute Gasteiger partial charge is 0.379 e. The minimum atomic E-state index is -3.20. The van der Waals surface area contributed by atoms with E-state index in [2.05, 4.69) is 19.7 Å². The van der Waals surface area contributed by atoms with E-state index in [1.54, 1.807) is 6.20 Å². The molecule has 26 heavy (non-hydrogen) atoms. The van der Waals surface area contributed by atoms with E-state index >= 15 is 0 Å². The van der Waals surface area contributed by atoms with Crippen LogP contribution in [0, 0.1) is 6.92 Å². The van der Waals surface area contributed by atoms with Crippen molar-refractivity contribution in [3.63, 3.8) is 0 Å². The first kappa shape index (κ1) is 10.2. The fraction of sp³-hybridized carbons (Fsp3) is 0.368. The Balaban J connectivity index is 1.58. The molecule has 0 atom stereocenters. The zero-order chi connectivity index (χ0) is 25.1. The second-order valence-corrected chi connectivity index (χ2v) is 6.87. The summed E-state index contributed by atoms with van der Waals surface area (Å²) in [7, 11) is 0. The molecule has 3 heterocycles. The van der Waals surface area contributed by atoms with Gasteiger partial charge in [0.25, 0.3) is 0 Å². The molecule has 0 radical (unpaired) electrons. The Morgan fingerprint density at radius 2 is 2.15 bits per heavy atom. The number of hydrogen-bond donors (Lipinski definition) is 0. The highest BCUT2D eigenvalue weighted by Crippen LogP contribution is 2.28. The number of thiazole rings is 1. The Hall–Kier alpha value is -2.22. The molecule has 7 heteroatoms. The van der Waals surface area contributed by atoms with Crippen LogP contribution in [-0.2, 0) is 16.0 Å². The van der Waals surface area contributed by atoms with Gasteiger partial charge in [-0.1, -0.05) is 12.1 Å². The lowest BCUT2D eigenvalue weighted by Gasteiger charge is -2.25. The van der Waals surface area contributed by atoms with E-state index in [0.29, 0.717) is 5.52 Å². The van der Waals surface area contributed by atoms with Crippen molar-refractivity contribution in [2.45, 2.75) is 13.3 Å². The number of carbonyl (C=O) groups excluding carboxylic acids is 1. The fourth-order valence-electron chi connectivity index (χ4n) is 2.49. The summed E-state index contributed by atoms with van der Waals surface area (Å²) in [4.78, 5) is 26.7. The highest BCUT2D eigenvalue weighted by Gasteiger charge is 2.15. The number of rotatable bonds is 5. The van der Waals surface area contributed by atoms with Gasteiger partial charge in [-0.3, -0.25) is 9.69 Å². The lowest BCUT2D eigenvalue weighted by molar-refractivity contribution is -0.120. The molecule has 4 rings (SSSR count). The Morgan fingerprint density at radius 1 is 1.31 bits per heavy atom. The van der Waals surface area contributed by atoms with Crippen LogP contribution in [0.25, 0.3) is 21.3 Å². The number of aryl methyl sites for hydroxylation is 1. The summed E-state index contributed by atoms with van der Waals surface area (Å²) in [5.74, 6) is -0.592. The normalized spacial score (nSPS) is 27.7. The van der Waals surface area contributed by atoms with Crippen molar-refractivity contribution in [1.82, 2.24) is 19.9 Å². The molecule has 0 saturated carbocycles. The van der Waals surface area contributed by atoms with Gasteiger partial charge in [0, 0.05) is 36.3 Å². The Labute approximate surface area is 167 Å². The summed E-state index contributed by atoms with van der Waals surface area (Å²) in [5, 5.41) is 1.66. The van der Waals surface area contributed by atoms with Crippen molar-refractivity contribution < 1.29 is 20.5 Å². The van der Waals surface area contributed by atoms with Crippen LogP contribution in [0.5, 0.6) is 0 Å². The molecule has 3 aromatic rings. The SMILES string of the molecule is [2H]C1([2H])OC([2H])([2H])C([2H])([2H])N(CC(=O)Cc2ncc3ccc(-c4cnc(C)s4)cc3n2)C1([2H])[2H]. The van der Waals surface area contributed by atoms with Crippen LogP contribution < -0.4 is 0 Å². The predicted octanol–water partition coefficient (Wildman–Crippen LogP) is 2.51. The lowest BCUT2D eigenvalue weighted by Crippen LogP contribution is -2.40. The molecule has 1 aliphatic heterocycles. The van der Waals surface area contributed by atoms with E-state index in [4.69, 9.17) is 11.0 Å². The van der Waals surface area contributed by atoms with Crippen LogP contribution in [0.1, 0.15) is 21.8 Å². The highest BCUT2D eigenvalue weighted by atomic mass is 32.1. The predicted molar refractivity (Wildman–Crippen MR) is 101 cm³/mol. The number of carbonyl (C=O) groups is 1. The topological polar surface area (TPSA) is 68.2 Å². The average molecular weight is 377 g/mol. The van der Waals surface area contributed by atoms with Crippen molar-refractivity contribution in [3.8, 4) is 10.4 Å². The number of fused-ring (bicyclic) bond motifs is 1. The van der Waals surface area contributed by atoms with Gasteiger partial charge in [0.1, 0.15) is 5.82 Å². The third-order valence-corrected chi connectivity index (χ3v) is 4.65. The first-order chi connectivity index (χ1) is 15.6. The molecule has 0 aliphatic carbocycles. The third kappa shape index (κ3) is 3.95. The molecule has 134 valence electrons. The number of ether oxygens (including phenoxy) is 1.